The fraction of sp³-hybridized carbons (Fsp3) is 0.0417. The van der Waals surface area contributed by atoms with Gasteiger partial charge in [-0.1, -0.05) is 29.3 Å². The molecule has 12 nitrogen and oxygen atoms in total. The Morgan fingerprint density at radius 1 is 0.951 bits per heavy atom. The first-order chi connectivity index (χ1) is 19.2. The van der Waals surface area contributed by atoms with Crippen LogP contribution in [0.25, 0.3) is 6.08 Å². The number of barbiturate groups is 1. The zero-order valence-electron chi connectivity index (χ0n) is 19.8. The molecular weight excluding hydrogens is 600 g/mol. The number of nitrogens with one attached hydrogen (secondary N) is 1. The minimum atomic E-state index is -4.89. The molecular formula is C24H11Cl2F3N4O8. The second kappa shape index (κ2) is 10.9. The number of hydrogen-bond donors (Lipinski definition) is 1. The van der Waals surface area contributed by atoms with Crippen molar-refractivity contribution in [2.75, 3.05) is 4.90 Å². The van der Waals surface area contributed by atoms with Gasteiger partial charge < -0.3 is 4.74 Å². The highest BCUT2D eigenvalue weighted by molar-refractivity contribution is 6.40. The highest BCUT2D eigenvalue weighted by Crippen LogP contribution is 2.42. The molecule has 4 rings (SSSR count). The highest BCUT2D eigenvalue weighted by atomic mass is 35.5. The Balaban J connectivity index is 1.81. The molecule has 0 aliphatic carbocycles. The maximum Gasteiger partial charge on any atom is 0.416 e. The Labute approximate surface area is 235 Å². The van der Waals surface area contributed by atoms with Gasteiger partial charge in [-0.05, 0) is 36.4 Å². The Hall–Kier alpha value is -5.02. The van der Waals surface area contributed by atoms with Gasteiger partial charge in [0.1, 0.15) is 5.57 Å². The molecule has 1 N–H and O–H groups in total. The number of rotatable bonds is 6. The summed E-state index contributed by atoms with van der Waals surface area (Å²) in [5.74, 6) is -3.52. The Kier molecular flexibility index (Phi) is 7.68. The van der Waals surface area contributed by atoms with Crippen molar-refractivity contribution < 1.29 is 42.1 Å². The topological polar surface area (TPSA) is 162 Å². The van der Waals surface area contributed by atoms with Gasteiger partial charge in [-0.15, -0.1) is 0 Å². The Morgan fingerprint density at radius 2 is 1.66 bits per heavy atom. The van der Waals surface area contributed by atoms with Crippen LogP contribution in [-0.4, -0.2) is 27.7 Å². The molecule has 0 spiro atoms. The number of carbonyl (C=O) groups is 3. The lowest BCUT2D eigenvalue weighted by Gasteiger charge is -2.26. The van der Waals surface area contributed by atoms with Gasteiger partial charge in [0.15, 0.2) is 5.75 Å². The molecule has 1 saturated heterocycles. The van der Waals surface area contributed by atoms with E-state index in [1.165, 1.54) is 12.1 Å². The van der Waals surface area contributed by atoms with Crippen molar-refractivity contribution >= 4 is 64.2 Å². The van der Waals surface area contributed by atoms with Crippen LogP contribution < -0.4 is 15.0 Å². The number of nitro groups is 2. The first kappa shape index (κ1) is 29.0. The number of hydrogen-bond acceptors (Lipinski definition) is 8. The van der Waals surface area contributed by atoms with Crippen molar-refractivity contribution in [2.45, 2.75) is 6.18 Å². The largest absolute Gasteiger partial charge is 0.448 e. The number of amides is 4. The SMILES string of the molecule is O=C1NC(=O)N(c2cccc([N+](=O)[O-])c2)C(=O)/C1=C/c1cc(Cl)cc(Cl)c1Oc1ccc(C(F)(F)F)cc1[N+](=O)[O-]. The predicted octanol–water partition coefficient (Wildman–Crippen LogP) is 6.29. The quantitative estimate of drug-likeness (QED) is 0.147. The van der Waals surface area contributed by atoms with E-state index in [2.05, 4.69) is 0 Å². The molecule has 3 aromatic carbocycles. The van der Waals surface area contributed by atoms with Gasteiger partial charge in [-0.3, -0.25) is 35.1 Å². The van der Waals surface area contributed by atoms with Gasteiger partial charge in [0.05, 0.1) is 26.1 Å². The van der Waals surface area contributed by atoms with Crippen LogP contribution >= 0.6 is 23.2 Å². The summed E-state index contributed by atoms with van der Waals surface area (Å²) < 4.78 is 44.8. The third-order valence-electron chi connectivity index (χ3n) is 5.43. The summed E-state index contributed by atoms with van der Waals surface area (Å²) in [7, 11) is 0. The summed E-state index contributed by atoms with van der Waals surface area (Å²) in [5, 5.41) is 24.2. The van der Waals surface area contributed by atoms with E-state index in [4.69, 9.17) is 27.9 Å². The zero-order chi connectivity index (χ0) is 30.2. The number of benzene rings is 3. The number of anilines is 1. The molecule has 0 bridgehead atoms. The number of nitro benzene ring substituents is 2. The number of urea groups is 1. The molecule has 1 aliphatic heterocycles. The van der Waals surface area contributed by atoms with Crippen molar-refractivity contribution in [3.8, 4) is 11.5 Å². The number of carbonyl (C=O) groups excluding carboxylic acids is 3. The summed E-state index contributed by atoms with van der Waals surface area (Å²) in [6, 6.07) is 6.93. The third-order valence-corrected chi connectivity index (χ3v) is 5.93. The van der Waals surface area contributed by atoms with E-state index < -0.39 is 67.9 Å². The van der Waals surface area contributed by atoms with E-state index in [1.807, 2.05) is 5.32 Å². The van der Waals surface area contributed by atoms with Crippen LogP contribution in [0.3, 0.4) is 0 Å². The second-order valence-electron chi connectivity index (χ2n) is 8.08. The summed E-state index contributed by atoms with van der Waals surface area (Å²) in [6.45, 7) is 0. The van der Waals surface area contributed by atoms with Crippen LogP contribution in [0, 0.1) is 20.2 Å². The summed E-state index contributed by atoms with van der Waals surface area (Å²) in [5.41, 5.74) is -4.04. The maximum absolute atomic E-state index is 13.3. The standard InChI is InChI=1S/C24H11Cl2F3N4O8/c25-13-6-11(20(17(26)9-13)41-19-5-4-12(24(27,28)29)8-18(19)33(39)40)7-16-21(34)30-23(36)31(22(16)35)14-2-1-3-15(10-14)32(37)38/h1-10H,(H,30,34,36)/b16-7+. The van der Waals surface area contributed by atoms with Gasteiger partial charge in [0.25, 0.3) is 17.5 Å². The van der Waals surface area contributed by atoms with Crippen LogP contribution in [0.5, 0.6) is 11.5 Å². The van der Waals surface area contributed by atoms with Crippen LogP contribution in [0.15, 0.2) is 60.2 Å². The number of non-ortho nitro benzene ring substituents is 1. The number of halogens is 5. The lowest BCUT2D eigenvalue weighted by molar-refractivity contribution is -0.385. The molecule has 0 radical (unpaired) electrons. The summed E-state index contributed by atoms with van der Waals surface area (Å²) in [4.78, 5) is 59.6. The first-order valence-electron chi connectivity index (χ1n) is 10.9. The number of ether oxygens (including phenoxy) is 1. The molecule has 1 fully saturated rings. The van der Waals surface area contributed by atoms with Crippen LogP contribution in [0.2, 0.25) is 10.0 Å². The Morgan fingerprint density at radius 3 is 2.29 bits per heavy atom. The number of alkyl halides is 3. The van der Waals surface area contributed by atoms with E-state index >= 15 is 0 Å². The van der Waals surface area contributed by atoms with E-state index in [0.717, 1.165) is 30.3 Å². The van der Waals surface area contributed by atoms with Gasteiger partial charge in [0.2, 0.25) is 5.75 Å². The van der Waals surface area contributed by atoms with Crippen LogP contribution in [-0.2, 0) is 15.8 Å². The van der Waals surface area contributed by atoms with E-state index in [9.17, 15) is 47.8 Å². The van der Waals surface area contributed by atoms with Gasteiger partial charge >= 0.3 is 17.9 Å². The van der Waals surface area contributed by atoms with Crippen LogP contribution in [0.4, 0.5) is 35.0 Å². The van der Waals surface area contributed by atoms with Crippen molar-refractivity contribution in [3.05, 3.63) is 102 Å². The maximum atomic E-state index is 13.3. The van der Waals surface area contributed by atoms with Crippen molar-refractivity contribution in [1.82, 2.24) is 5.32 Å². The lowest BCUT2D eigenvalue weighted by Crippen LogP contribution is -2.54. The zero-order valence-corrected chi connectivity index (χ0v) is 21.3. The van der Waals surface area contributed by atoms with E-state index in [-0.39, 0.29) is 27.4 Å². The van der Waals surface area contributed by atoms with Gasteiger partial charge in [-0.25, -0.2) is 9.69 Å². The molecule has 0 aromatic heterocycles. The lowest BCUT2D eigenvalue weighted by atomic mass is 10.1. The fourth-order valence-corrected chi connectivity index (χ4v) is 4.17. The summed E-state index contributed by atoms with van der Waals surface area (Å²) in [6.07, 6.45) is -4.02. The molecule has 1 aliphatic rings. The van der Waals surface area contributed by atoms with Gasteiger partial charge in [0, 0.05) is 28.8 Å². The second-order valence-corrected chi connectivity index (χ2v) is 8.92. The van der Waals surface area contributed by atoms with Crippen molar-refractivity contribution in [1.29, 1.82) is 0 Å². The molecule has 0 atom stereocenters. The highest BCUT2D eigenvalue weighted by Gasteiger charge is 2.38. The molecule has 210 valence electrons. The summed E-state index contributed by atoms with van der Waals surface area (Å²) >= 11 is 12.2. The normalized spacial score (nSPS) is 14.7. The third kappa shape index (κ3) is 5.95. The monoisotopic (exact) mass is 610 g/mol. The molecule has 17 heteroatoms. The first-order valence-corrected chi connectivity index (χ1v) is 11.6. The predicted molar refractivity (Wildman–Crippen MR) is 137 cm³/mol. The molecule has 1 heterocycles. The van der Waals surface area contributed by atoms with Crippen molar-refractivity contribution in [2.24, 2.45) is 0 Å². The Bertz CT molecular complexity index is 1690. The smallest absolute Gasteiger partial charge is 0.416 e. The average Bonchev–Trinajstić information content (AvgIpc) is 2.87. The van der Waals surface area contributed by atoms with Crippen LogP contribution in [0.1, 0.15) is 11.1 Å². The molecule has 0 unspecified atom stereocenters. The number of nitrogens with zero attached hydrogens (tertiary/aromatic N) is 3. The van der Waals surface area contributed by atoms with E-state index in [1.54, 1.807) is 0 Å². The minimum Gasteiger partial charge on any atom is -0.448 e. The molecule has 0 saturated carbocycles. The van der Waals surface area contributed by atoms with Crippen molar-refractivity contribution in [3.63, 3.8) is 0 Å². The van der Waals surface area contributed by atoms with E-state index in [0.29, 0.717) is 17.0 Å². The minimum absolute atomic E-state index is 0.0635. The number of imide groups is 2. The fourth-order valence-electron chi connectivity index (χ4n) is 3.62. The average molecular weight is 611 g/mol. The molecule has 3 aromatic rings. The molecule has 4 amide bonds. The molecule has 41 heavy (non-hydrogen) atoms. The van der Waals surface area contributed by atoms with Gasteiger partial charge in [-0.2, -0.15) is 13.2 Å².